The number of Topliss-reactive ketones (excluding diaryl/α,β-unsaturated/α-hetero) is 1. The Morgan fingerprint density at radius 2 is 1.47 bits per heavy atom. The van der Waals surface area contributed by atoms with Gasteiger partial charge in [0.25, 0.3) is 0 Å². The molecule has 112 valence electrons. The van der Waals surface area contributed by atoms with E-state index in [-0.39, 0.29) is 0 Å². The Bertz CT molecular complexity index is 276. The molecular formula is C15H32N2OP+. The molecule has 0 amide bonds. The van der Waals surface area contributed by atoms with Gasteiger partial charge in [0.05, 0.1) is 6.66 Å². The summed E-state index contributed by atoms with van der Waals surface area (Å²) in [6.45, 7) is 15.6. The van der Waals surface area contributed by atoms with Crippen LogP contribution in [0, 0.1) is 0 Å². The van der Waals surface area contributed by atoms with Gasteiger partial charge in [-0.3, -0.25) is 4.79 Å². The van der Waals surface area contributed by atoms with Crippen LogP contribution in [0.25, 0.3) is 0 Å². The molecule has 0 saturated heterocycles. The maximum Gasteiger partial charge on any atom is 0.176 e. The molecule has 1 aliphatic carbocycles. The van der Waals surface area contributed by atoms with Crippen LogP contribution < -0.4 is 0 Å². The largest absolute Gasteiger partial charge is 0.295 e. The maximum absolute atomic E-state index is 12.5. The van der Waals surface area contributed by atoms with Crippen LogP contribution in [-0.2, 0) is 4.79 Å². The molecule has 1 fully saturated rings. The van der Waals surface area contributed by atoms with E-state index in [4.69, 9.17) is 0 Å². The molecule has 19 heavy (non-hydrogen) atoms. The Labute approximate surface area is 120 Å². The molecule has 0 aromatic heterocycles. The number of hydrogen-bond donors (Lipinski definition) is 0. The zero-order chi connectivity index (χ0) is 14.5. The van der Waals surface area contributed by atoms with Gasteiger partial charge in [-0.25, -0.2) is 0 Å². The minimum absolute atomic E-state index is 0.293. The zero-order valence-electron chi connectivity index (χ0n) is 13.5. The molecule has 0 bridgehead atoms. The van der Waals surface area contributed by atoms with Crippen molar-refractivity contribution in [2.24, 2.45) is 0 Å². The molecule has 1 saturated carbocycles. The van der Waals surface area contributed by atoms with Crippen LogP contribution >= 0.6 is 7.56 Å². The van der Waals surface area contributed by atoms with Crippen molar-refractivity contribution in [3.8, 4) is 0 Å². The van der Waals surface area contributed by atoms with Crippen molar-refractivity contribution in [2.45, 2.75) is 59.0 Å². The molecule has 1 aliphatic rings. The van der Waals surface area contributed by atoms with Crippen molar-refractivity contribution >= 4 is 13.3 Å². The highest BCUT2D eigenvalue weighted by Crippen LogP contribution is 2.67. The second-order valence-corrected chi connectivity index (χ2v) is 9.20. The average molecular weight is 287 g/mol. The lowest BCUT2D eigenvalue weighted by molar-refractivity contribution is -0.120. The number of carbonyl (C=O) groups excluding carboxylic acids is 1. The summed E-state index contributed by atoms with van der Waals surface area (Å²) < 4.78 is 5.18. The number of ketones is 1. The molecule has 1 atom stereocenters. The molecule has 1 rings (SSSR count). The van der Waals surface area contributed by atoms with Crippen LogP contribution in [0.3, 0.4) is 0 Å². The number of hydrogen-bond acceptors (Lipinski definition) is 3. The average Bonchev–Trinajstić information content (AvgIpc) is 2.41. The zero-order valence-corrected chi connectivity index (χ0v) is 14.4. The third-order valence-electron chi connectivity index (χ3n) is 4.72. The third kappa shape index (κ3) is 3.37. The fourth-order valence-corrected chi connectivity index (χ4v) is 8.43. The van der Waals surface area contributed by atoms with E-state index in [0.717, 1.165) is 45.4 Å². The molecule has 0 N–H and O–H groups in total. The van der Waals surface area contributed by atoms with E-state index in [1.54, 1.807) is 0 Å². The van der Waals surface area contributed by atoms with Crippen LogP contribution in [0.5, 0.6) is 0 Å². The summed E-state index contributed by atoms with van der Waals surface area (Å²) in [6, 6.07) is 0. The van der Waals surface area contributed by atoms with Gasteiger partial charge < -0.3 is 0 Å². The van der Waals surface area contributed by atoms with E-state index in [1.165, 1.54) is 6.42 Å². The lowest BCUT2D eigenvalue weighted by Crippen LogP contribution is -2.45. The van der Waals surface area contributed by atoms with Crippen molar-refractivity contribution < 1.29 is 4.79 Å². The van der Waals surface area contributed by atoms with E-state index >= 15 is 0 Å². The first-order valence-electron chi connectivity index (χ1n) is 7.95. The predicted molar refractivity (Wildman–Crippen MR) is 85.9 cm³/mol. The summed E-state index contributed by atoms with van der Waals surface area (Å²) in [6.07, 6.45) is 4.25. The van der Waals surface area contributed by atoms with Crippen LogP contribution in [0.2, 0.25) is 0 Å². The van der Waals surface area contributed by atoms with Crippen LogP contribution in [-0.4, -0.2) is 53.6 Å². The van der Waals surface area contributed by atoms with E-state index < -0.39 is 7.56 Å². The lowest BCUT2D eigenvalue weighted by Gasteiger charge is -2.44. The molecule has 0 radical (unpaired) electrons. The van der Waals surface area contributed by atoms with Gasteiger partial charge in [-0.2, -0.15) is 9.34 Å². The summed E-state index contributed by atoms with van der Waals surface area (Å²) in [5.41, 5.74) is 0.293. The van der Waals surface area contributed by atoms with Gasteiger partial charge in [0.15, 0.2) is 19.0 Å². The lowest BCUT2D eigenvalue weighted by atomic mass is 9.99. The molecule has 3 nitrogen and oxygen atoms in total. The van der Waals surface area contributed by atoms with Gasteiger partial charge in [-0.15, -0.1) is 0 Å². The maximum atomic E-state index is 12.5. The Kier molecular flexibility index (Phi) is 6.93. The summed E-state index contributed by atoms with van der Waals surface area (Å²) in [5.74, 6) is 0.529. The SMILES string of the molecule is CCN(CC)[P+](C)(C1CCCCC1=O)N(CC)CC. The van der Waals surface area contributed by atoms with E-state index in [1.807, 2.05) is 0 Å². The van der Waals surface area contributed by atoms with Gasteiger partial charge >= 0.3 is 0 Å². The smallest absolute Gasteiger partial charge is 0.176 e. The Balaban J connectivity index is 3.12. The minimum atomic E-state index is -1.50. The number of carbonyl (C=O) groups is 1. The van der Waals surface area contributed by atoms with Gasteiger partial charge in [0.2, 0.25) is 0 Å². The normalized spacial score (nSPS) is 21.4. The molecule has 4 heteroatoms. The first-order valence-corrected chi connectivity index (χ1v) is 10.2. The van der Waals surface area contributed by atoms with E-state index in [9.17, 15) is 4.79 Å². The van der Waals surface area contributed by atoms with Crippen molar-refractivity contribution in [3.05, 3.63) is 0 Å². The van der Waals surface area contributed by atoms with Gasteiger partial charge in [0, 0.05) is 32.6 Å². The minimum Gasteiger partial charge on any atom is -0.295 e. The fraction of sp³-hybridized carbons (Fsp3) is 0.933. The molecule has 0 heterocycles. The Morgan fingerprint density at radius 1 is 1.00 bits per heavy atom. The Morgan fingerprint density at radius 3 is 1.84 bits per heavy atom. The van der Waals surface area contributed by atoms with Crippen LogP contribution in [0.4, 0.5) is 0 Å². The second kappa shape index (κ2) is 7.71. The molecule has 0 spiro atoms. The van der Waals surface area contributed by atoms with Crippen molar-refractivity contribution in [1.29, 1.82) is 0 Å². The van der Waals surface area contributed by atoms with Crippen LogP contribution in [0.1, 0.15) is 53.4 Å². The second-order valence-electron chi connectivity index (χ2n) is 5.48. The summed E-state index contributed by atoms with van der Waals surface area (Å²) in [4.78, 5) is 12.5. The molecular weight excluding hydrogens is 255 g/mol. The summed E-state index contributed by atoms with van der Waals surface area (Å²) >= 11 is 0. The molecule has 0 aromatic carbocycles. The van der Waals surface area contributed by atoms with Crippen LogP contribution in [0.15, 0.2) is 0 Å². The van der Waals surface area contributed by atoms with E-state index in [2.05, 4.69) is 43.7 Å². The summed E-state index contributed by atoms with van der Waals surface area (Å²) in [5, 5.41) is 0. The first kappa shape index (κ1) is 17.1. The van der Waals surface area contributed by atoms with Gasteiger partial charge in [-0.05, 0) is 47.0 Å². The van der Waals surface area contributed by atoms with Crippen molar-refractivity contribution in [1.82, 2.24) is 9.34 Å². The Hall–Kier alpha value is 0.0200. The summed E-state index contributed by atoms with van der Waals surface area (Å²) in [7, 11) is -1.50. The van der Waals surface area contributed by atoms with Crippen molar-refractivity contribution in [2.75, 3.05) is 32.8 Å². The number of nitrogens with zero attached hydrogens (tertiary/aromatic N) is 2. The highest BCUT2D eigenvalue weighted by molar-refractivity contribution is 7.72. The molecule has 0 aromatic rings. The van der Waals surface area contributed by atoms with Crippen molar-refractivity contribution in [3.63, 3.8) is 0 Å². The fourth-order valence-electron chi connectivity index (χ4n) is 3.65. The quantitative estimate of drug-likeness (QED) is 0.668. The van der Waals surface area contributed by atoms with Gasteiger partial charge in [-0.1, -0.05) is 0 Å². The molecule has 1 unspecified atom stereocenters. The highest BCUT2D eigenvalue weighted by atomic mass is 31.2. The first-order chi connectivity index (χ1) is 9.05. The highest BCUT2D eigenvalue weighted by Gasteiger charge is 2.54. The topological polar surface area (TPSA) is 23.6 Å². The predicted octanol–water partition coefficient (Wildman–Crippen LogP) is 3.66. The number of rotatable bonds is 7. The monoisotopic (exact) mass is 287 g/mol. The standard InChI is InChI=1S/C15H32N2OP/c1-6-16(7-2)19(5,17(8-3)9-4)15-13-11-10-12-14(15)18/h15H,6-13H2,1-5H3/q+1. The third-order valence-corrected chi connectivity index (χ3v) is 9.87. The molecule has 0 aliphatic heterocycles. The van der Waals surface area contributed by atoms with E-state index in [0.29, 0.717) is 11.4 Å². The van der Waals surface area contributed by atoms with Gasteiger partial charge in [0.1, 0.15) is 0 Å².